The van der Waals surface area contributed by atoms with E-state index in [-0.39, 0.29) is 6.04 Å². The number of urea groups is 1. The summed E-state index contributed by atoms with van der Waals surface area (Å²) in [7, 11) is 0. The van der Waals surface area contributed by atoms with Crippen molar-refractivity contribution < 1.29 is 4.79 Å². The molecule has 1 unspecified atom stereocenters. The number of carbonyl (C=O) groups excluding carboxylic acids is 1. The van der Waals surface area contributed by atoms with Crippen LogP contribution in [0.15, 0.2) is 28.1 Å². The maximum absolute atomic E-state index is 11.2. The quantitative estimate of drug-likeness (QED) is 0.721. The number of nitriles is 2. The van der Waals surface area contributed by atoms with Crippen LogP contribution in [0.5, 0.6) is 0 Å². The normalized spacial score (nSPS) is 14.3. The zero-order valence-electron chi connectivity index (χ0n) is 14.2. The molecule has 1 fully saturated rings. The van der Waals surface area contributed by atoms with E-state index in [0.717, 1.165) is 28.5 Å². The number of amides is 2. The van der Waals surface area contributed by atoms with Crippen molar-refractivity contribution in [2.24, 2.45) is 5.73 Å². The lowest BCUT2D eigenvalue weighted by Gasteiger charge is -2.12. The second kappa shape index (κ2) is 7.51. The minimum Gasteiger partial charge on any atom is -0.352 e. The minimum atomic E-state index is -0.587. The van der Waals surface area contributed by atoms with Gasteiger partial charge in [0, 0.05) is 10.8 Å². The van der Waals surface area contributed by atoms with Gasteiger partial charge in [0.2, 0.25) is 0 Å². The number of hydrogen-bond acceptors (Lipinski definition) is 5. The predicted molar refractivity (Wildman–Crippen MR) is 96.3 cm³/mol. The Bertz CT molecular complexity index is 886. The van der Waals surface area contributed by atoms with Gasteiger partial charge in [-0.1, -0.05) is 18.7 Å². The molecule has 0 saturated heterocycles. The summed E-state index contributed by atoms with van der Waals surface area (Å²) in [6.45, 7) is 1.95. The molecule has 1 saturated carbocycles. The van der Waals surface area contributed by atoms with E-state index in [1.165, 1.54) is 11.8 Å². The summed E-state index contributed by atoms with van der Waals surface area (Å²) in [5.74, 6) is 1.10. The Morgan fingerprint density at radius 2 is 2.04 bits per heavy atom. The summed E-state index contributed by atoms with van der Waals surface area (Å²) < 4.78 is 0. The smallest absolute Gasteiger partial charge is 0.312 e. The molecule has 2 amide bonds. The van der Waals surface area contributed by atoms with Crippen molar-refractivity contribution in [3.05, 3.63) is 40.8 Å². The lowest BCUT2D eigenvalue weighted by atomic mass is 10.1. The molecule has 0 bridgehead atoms. The van der Waals surface area contributed by atoms with Crippen LogP contribution in [-0.2, 0) is 0 Å². The average Bonchev–Trinajstić information content (AvgIpc) is 3.40. The van der Waals surface area contributed by atoms with Crippen molar-refractivity contribution in [1.29, 1.82) is 10.5 Å². The SMILES string of the molecule is CCC(NC(N)=O)c1nc(Sc2cc(C#N)cc(C#N)c2)c(C2CC2)[nH]1. The van der Waals surface area contributed by atoms with E-state index in [4.69, 9.17) is 16.3 Å². The number of nitrogens with two attached hydrogens (primary N) is 1. The first-order chi connectivity index (χ1) is 12.5. The third-order valence-corrected chi connectivity index (χ3v) is 5.11. The van der Waals surface area contributed by atoms with Crippen molar-refractivity contribution in [2.75, 3.05) is 0 Å². The number of primary amides is 1. The largest absolute Gasteiger partial charge is 0.352 e. The van der Waals surface area contributed by atoms with Gasteiger partial charge in [0.05, 0.1) is 35.0 Å². The maximum Gasteiger partial charge on any atom is 0.312 e. The molecule has 3 rings (SSSR count). The Labute approximate surface area is 155 Å². The number of aromatic nitrogens is 2. The van der Waals surface area contributed by atoms with Crippen LogP contribution in [0.2, 0.25) is 0 Å². The van der Waals surface area contributed by atoms with Crippen LogP contribution in [0.1, 0.15) is 60.8 Å². The van der Waals surface area contributed by atoms with Gasteiger partial charge in [-0.3, -0.25) is 0 Å². The second-order valence-corrected chi connectivity index (χ2v) is 7.22. The third kappa shape index (κ3) is 3.98. The molecule has 0 radical (unpaired) electrons. The second-order valence-electron chi connectivity index (χ2n) is 6.16. The third-order valence-electron chi connectivity index (χ3n) is 4.13. The number of benzene rings is 1. The number of rotatable bonds is 6. The van der Waals surface area contributed by atoms with Crippen molar-refractivity contribution in [3.8, 4) is 12.1 Å². The van der Waals surface area contributed by atoms with Crippen LogP contribution in [0.3, 0.4) is 0 Å². The summed E-state index contributed by atoms with van der Waals surface area (Å²) >= 11 is 1.42. The summed E-state index contributed by atoms with van der Waals surface area (Å²) in [5.41, 5.74) is 7.17. The van der Waals surface area contributed by atoms with Gasteiger partial charge in [0.15, 0.2) is 0 Å². The van der Waals surface area contributed by atoms with E-state index in [2.05, 4.69) is 27.4 Å². The molecule has 1 aromatic carbocycles. The zero-order chi connectivity index (χ0) is 18.7. The van der Waals surface area contributed by atoms with Crippen LogP contribution in [0.4, 0.5) is 4.79 Å². The molecule has 1 heterocycles. The van der Waals surface area contributed by atoms with E-state index >= 15 is 0 Å². The van der Waals surface area contributed by atoms with E-state index in [0.29, 0.717) is 29.3 Å². The molecule has 1 aromatic heterocycles. The Morgan fingerprint density at radius 3 is 2.54 bits per heavy atom. The first-order valence-corrected chi connectivity index (χ1v) is 9.14. The van der Waals surface area contributed by atoms with Gasteiger partial charge >= 0.3 is 6.03 Å². The van der Waals surface area contributed by atoms with Crippen molar-refractivity contribution >= 4 is 17.8 Å². The summed E-state index contributed by atoms with van der Waals surface area (Å²) in [6.07, 6.45) is 2.85. The van der Waals surface area contributed by atoms with E-state index in [1.54, 1.807) is 18.2 Å². The van der Waals surface area contributed by atoms with Gasteiger partial charge in [-0.15, -0.1) is 0 Å². The summed E-state index contributed by atoms with van der Waals surface area (Å²) in [4.78, 5) is 20.0. The van der Waals surface area contributed by atoms with Gasteiger partial charge in [-0.2, -0.15) is 10.5 Å². The standard InChI is InChI=1S/C18H18N6OS/c1-2-14(22-18(21)25)16-23-15(12-3-4-12)17(24-16)26-13-6-10(8-19)5-11(7-13)9-20/h5-7,12,14H,2-4H2,1H3,(H,23,24)(H3,21,22,25). The first-order valence-electron chi connectivity index (χ1n) is 8.33. The highest BCUT2D eigenvalue weighted by atomic mass is 32.2. The number of hydrogen-bond donors (Lipinski definition) is 3. The zero-order valence-corrected chi connectivity index (χ0v) is 15.1. The number of carbonyl (C=O) groups is 1. The van der Waals surface area contributed by atoms with Crippen LogP contribution >= 0.6 is 11.8 Å². The predicted octanol–water partition coefficient (Wildman–Crippen LogP) is 3.30. The number of nitrogens with zero attached hydrogens (tertiary/aromatic N) is 3. The highest BCUT2D eigenvalue weighted by molar-refractivity contribution is 7.99. The maximum atomic E-state index is 11.2. The molecular formula is C18H18N6OS. The Morgan fingerprint density at radius 1 is 1.38 bits per heavy atom. The first kappa shape index (κ1) is 17.8. The average molecular weight is 366 g/mol. The molecule has 0 spiro atoms. The van der Waals surface area contributed by atoms with Gasteiger partial charge in [0.1, 0.15) is 10.9 Å². The Balaban J connectivity index is 1.94. The fraction of sp³-hybridized carbons (Fsp3) is 0.333. The molecule has 4 N–H and O–H groups in total. The van der Waals surface area contributed by atoms with Crippen molar-refractivity contribution in [1.82, 2.24) is 15.3 Å². The Hall–Kier alpha value is -2.97. The number of H-pyrrole nitrogens is 1. The lowest BCUT2D eigenvalue weighted by Crippen LogP contribution is -2.33. The van der Waals surface area contributed by atoms with Gasteiger partial charge in [-0.05, 0) is 37.5 Å². The molecule has 1 aliphatic carbocycles. The van der Waals surface area contributed by atoms with Crippen LogP contribution < -0.4 is 11.1 Å². The van der Waals surface area contributed by atoms with E-state index < -0.39 is 6.03 Å². The molecular weight excluding hydrogens is 348 g/mol. The Kier molecular flexibility index (Phi) is 5.15. The van der Waals surface area contributed by atoms with Crippen LogP contribution in [0, 0.1) is 22.7 Å². The van der Waals surface area contributed by atoms with Gasteiger partial charge in [-0.25, -0.2) is 9.78 Å². The molecule has 1 atom stereocenters. The fourth-order valence-electron chi connectivity index (χ4n) is 2.71. The van der Waals surface area contributed by atoms with Crippen molar-refractivity contribution in [2.45, 2.75) is 48.1 Å². The van der Waals surface area contributed by atoms with E-state index in [1.807, 2.05) is 6.92 Å². The fourth-order valence-corrected chi connectivity index (χ4v) is 3.78. The van der Waals surface area contributed by atoms with Gasteiger partial charge < -0.3 is 16.0 Å². The number of nitrogens with one attached hydrogen (secondary N) is 2. The minimum absolute atomic E-state index is 0.278. The molecule has 0 aliphatic heterocycles. The molecule has 1 aliphatic rings. The number of aromatic amines is 1. The molecule has 7 nitrogen and oxygen atoms in total. The molecule has 26 heavy (non-hydrogen) atoms. The topological polar surface area (TPSA) is 131 Å². The number of imidazole rings is 1. The summed E-state index contributed by atoms with van der Waals surface area (Å²) in [6, 6.07) is 8.34. The van der Waals surface area contributed by atoms with Gasteiger partial charge in [0.25, 0.3) is 0 Å². The highest BCUT2D eigenvalue weighted by Crippen LogP contribution is 2.45. The van der Waals surface area contributed by atoms with Crippen LogP contribution in [0.25, 0.3) is 0 Å². The summed E-state index contributed by atoms with van der Waals surface area (Å²) in [5, 5.41) is 21.8. The molecule has 132 valence electrons. The highest BCUT2D eigenvalue weighted by Gasteiger charge is 2.31. The lowest BCUT2D eigenvalue weighted by molar-refractivity contribution is 0.244. The molecule has 2 aromatic rings. The molecule has 8 heteroatoms. The monoisotopic (exact) mass is 366 g/mol. The van der Waals surface area contributed by atoms with Crippen molar-refractivity contribution in [3.63, 3.8) is 0 Å². The van der Waals surface area contributed by atoms with E-state index in [9.17, 15) is 4.79 Å². The van der Waals surface area contributed by atoms with Crippen LogP contribution in [-0.4, -0.2) is 16.0 Å².